The van der Waals surface area contributed by atoms with Gasteiger partial charge in [0.05, 0.1) is 17.2 Å². The fourth-order valence-corrected chi connectivity index (χ4v) is 3.55. The van der Waals surface area contributed by atoms with E-state index in [1.807, 2.05) is 7.05 Å². The lowest BCUT2D eigenvalue weighted by Crippen LogP contribution is -2.44. The second kappa shape index (κ2) is 7.76. The van der Waals surface area contributed by atoms with Crippen molar-refractivity contribution in [1.82, 2.24) is 19.8 Å². The maximum absolute atomic E-state index is 5.00. The first-order valence-electron chi connectivity index (χ1n) is 9.49. The van der Waals surface area contributed by atoms with Crippen molar-refractivity contribution >= 4 is 22.4 Å². The van der Waals surface area contributed by atoms with Crippen molar-refractivity contribution in [1.29, 1.82) is 0 Å². The van der Waals surface area contributed by atoms with Crippen molar-refractivity contribution in [2.75, 3.05) is 52.2 Å². The molecule has 2 heterocycles. The molecule has 0 amide bonds. The Morgan fingerprint density at radius 1 is 1.23 bits per heavy atom. The van der Waals surface area contributed by atoms with Crippen LogP contribution in [0.3, 0.4) is 0 Å². The largest absolute Gasteiger partial charge is 0.367 e. The standard InChI is InChI=1S/C20H32N6/c1-14(21-4)15(2)25(6)16(3)20-22-17-8-7-9-18(19(17)23-20)26-12-10-24(5)11-13-26/h7-9,15-16H,10-13H2,1-6H3,(H,22,23). The topological polar surface area (TPSA) is 50.8 Å². The van der Waals surface area contributed by atoms with Crippen LogP contribution in [0.1, 0.15) is 32.6 Å². The Bertz CT molecular complexity index is 772. The minimum absolute atomic E-state index is 0.189. The molecule has 1 aromatic heterocycles. The molecule has 0 saturated carbocycles. The highest BCUT2D eigenvalue weighted by Crippen LogP contribution is 2.29. The summed E-state index contributed by atoms with van der Waals surface area (Å²) in [4.78, 5) is 20.0. The summed E-state index contributed by atoms with van der Waals surface area (Å²) in [5.74, 6) is 1.01. The Kier molecular flexibility index (Phi) is 5.63. The SMILES string of the molecule is CN=C(C)C(C)N(C)C(C)c1nc2c(N3CCN(C)CC3)cccc2[nH]1. The van der Waals surface area contributed by atoms with E-state index >= 15 is 0 Å². The first-order valence-corrected chi connectivity index (χ1v) is 9.49. The number of aliphatic imine (C=N–C) groups is 1. The van der Waals surface area contributed by atoms with Gasteiger partial charge in [-0.2, -0.15) is 0 Å². The van der Waals surface area contributed by atoms with Crippen molar-refractivity contribution in [3.05, 3.63) is 24.0 Å². The van der Waals surface area contributed by atoms with Crippen LogP contribution in [0.15, 0.2) is 23.2 Å². The number of piperazine rings is 1. The first-order chi connectivity index (χ1) is 12.4. The van der Waals surface area contributed by atoms with Gasteiger partial charge in [0.25, 0.3) is 0 Å². The summed E-state index contributed by atoms with van der Waals surface area (Å²) in [6.07, 6.45) is 0. The number of fused-ring (bicyclic) bond motifs is 1. The van der Waals surface area contributed by atoms with Crippen LogP contribution in [0.5, 0.6) is 0 Å². The average molecular weight is 357 g/mol. The number of nitrogens with one attached hydrogen (secondary N) is 1. The van der Waals surface area contributed by atoms with Gasteiger partial charge in [0, 0.05) is 45.0 Å². The van der Waals surface area contributed by atoms with Gasteiger partial charge in [-0.05, 0) is 47.0 Å². The van der Waals surface area contributed by atoms with Gasteiger partial charge in [0.2, 0.25) is 0 Å². The highest BCUT2D eigenvalue weighted by molar-refractivity contribution is 5.89. The number of rotatable bonds is 5. The molecule has 1 saturated heterocycles. The zero-order valence-corrected chi connectivity index (χ0v) is 17.0. The van der Waals surface area contributed by atoms with Crippen LogP contribution in [0.2, 0.25) is 0 Å². The number of hydrogen-bond acceptors (Lipinski definition) is 5. The number of nitrogens with zero attached hydrogens (tertiary/aromatic N) is 5. The maximum atomic E-state index is 5.00. The van der Waals surface area contributed by atoms with E-state index in [2.05, 4.69) is 77.7 Å². The molecule has 3 rings (SSSR count). The molecular formula is C20H32N6. The van der Waals surface area contributed by atoms with Crippen LogP contribution in [0.25, 0.3) is 11.0 Å². The predicted octanol–water partition coefficient (Wildman–Crippen LogP) is 2.79. The number of imidazole rings is 1. The van der Waals surface area contributed by atoms with E-state index in [4.69, 9.17) is 4.98 Å². The highest BCUT2D eigenvalue weighted by Gasteiger charge is 2.23. The van der Waals surface area contributed by atoms with Gasteiger partial charge in [-0.1, -0.05) is 6.07 Å². The molecule has 142 valence electrons. The summed E-state index contributed by atoms with van der Waals surface area (Å²) in [7, 11) is 6.18. The minimum atomic E-state index is 0.189. The molecule has 6 heteroatoms. The molecule has 1 aromatic carbocycles. The normalized spacial score (nSPS) is 19.3. The molecule has 1 N–H and O–H groups in total. The lowest BCUT2D eigenvalue weighted by molar-refractivity contribution is 0.233. The lowest BCUT2D eigenvalue weighted by atomic mass is 10.1. The molecule has 0 spiro atoms. The molecule has 6 nitrogen and oxygen atoms in total. The van der Waals surface area contributed by atoms with Crippen molar-refractivity contribution in [2.45, 2.75) is 32.9 Å². The third-order valence-corrected chi connectivity index (χ3v) is 5.93. The van der Waals surface area contributed by atoms with Crippen LogP contribution in [0.4, 0.5) is 5.69 Å². The van der Waals surface area contributed by atoms with Crippen LogP contribution in [-0.4, -0.2) is 78.8 Å². The van der Waals surface area contributed by atoms with Crippen molar-refractivity contribution in [2.24, 2.45) is 4.99 Å². The van der Waals surface area contributed by atoms with Crippen LogP contribution < -0.4 is 4.90 Å². The molecule has 26 heavy (non-hydrogen) atoms. The first kappa shape index (κ1) is 18.9. The number of aromatic amines is 1. The molecule has 2 atom stereocenters. The minimum Gasteiger partial charge on any atom is -0.367 e. The number of aromatic nitrogens is 2. The maximum Gasteiger partial charge on any atom is 0.124 e. The molecule has 0 radical (unpaired) electrons. The van der Waals surface area contributed by atoms with E-state index in [9.17, 15) is 0 Å². The smallest absolute Gasteiger partial charge is 0.124 e. The molecule has 1 aliphatic heterocycles. The highest BCUT2D eigenvalue weighted by atomic mass is 15.3. The average Bonchev–Trinajstić information content (AvgIpc) is 3.10. The van der Waals surface area contributed by atoms with Gasteiger partial charge in [-0.25, -0.2) is 4.98 Å². The van der Waals surface area contributed by atoms with E-state index in [1.165, 1.54) is 5.69 Å². The van der Waals surface area contributed by atoms with Crippen LogP contribution >= 0.6 is 0 Å². The summed E-state index contributed by atoms with van der Waals surface area (Å²) < 4.78 is 0. The number of anilines is 1. The van der Waals surface area contributed by atoms with Crippen molar-refractivity contribution in [3.8, 4) is 0 Å². The van der Waals surface area contributed by atoms with E-state index < -0.39 is 0 Å². The lowest BCUT2D eigenvalue weighted by Gasteiger charge is -2.34. The van der Waals surface area contributed by atoms with Gasteiger partial charge in [-0.3, -0.25) is 9.89 Å². The Balaban J connectivity index is 1.88. The Morgan fingerprint density at radius 3 is 2.58 bits per heavy atom. The monoisotopic (exact) mass is 356 g/mol. The molecule has 1 fully saturated rings. The number of hydrogen-bond donors (Lipinski definition) is 1. The Labute approximate surface area is 156 Å². The fourth-order valence-electron chi connectivity index (χ4n) is 3.55. The summed E-state index contributed by atoms with van der Waals surface area (Å²) in [6, 6.07) is 6.92. The summed E-state index contributed by atoms with van der Waals surface area (Å²) in [6.45, 7) is 10.8. The summed E-state index contributed by atoms with van der Waals surface area (Å²) in [5.41, 5.74) is 4.58. The second-order valence-corrected chi connectivity index (χ2v) is 7.47. The second-order valence-electron chi connectivity index (χ2n) is 7.47. The quantitative estimate of drug-likeness (QED) is 0.837. The zero-order valence-electron chi connectivity index (χ0n) is 17.0. The third-order valence-electron chi connectivity index (χ3n) is 5.93. The molecule has 1 aliphatic rings. The molecular weight excluding hydrogens is 324 g/mol. The zero-order chi connectivity index (χ0) is 18.8. The van der Waals surface area contributed by atoms with E-state index in [-0.39, 0.29) is 12.1 Å². The van der Waals surface area contributed by atoms with Crippen molar-refractivity contribution < 1.29 is 0 Å². The molecule has 2 unspecified atom stereocenters. The summed E-state index contributed by atoms with van der Waals surface area (Å²) >= 11 is 0. The number of H-pyrrole nitrogens is 1. The van der Waals surface area contributed by atoms with Gasteiger partial charge >= 0.3 is 0 Å². The number of benzene rings is 1. The van der Waals surface area contributed by atoms with Gasteiger partial charge in [0.1, 0.15) is 11.3 Å². The van der Waals surface area contributed by atoms with Crippen LogP contribution in [0, 0.1) is 0 Å². The van der Waals surface area contributed by atoms with Gasteiger partial charge in [0.15, 0.2) is 0 Å². The summed E-state index contributed by atoms with van der Waals surface area (Å²) in [5, 5.41) is 0. The van der Waals surface area contributed by atoms with E-state index in [0.717, 1.165) is 48.7 Å². The van der Waals surface area contributed by atoms with Gasteiger partial charge < -0.3 is 14.8 Å². The third kappa shape index (κ3) is 3.62. The van der Waals surface area contributed by atoms with Crippen LogP contribution in [-0.2, 0) is 0 Å². The van der Waals surface area contributed by atoms with E-state index in [0.29, 0.717) is 0 Å². The predicted molar refractivity (Wildman–Crippen MR) is 110 cm³/mol. The molecule has 0 bridgehead atoms. The van der Waals surface area contributed by atoms with E-state index in [1.54, 1.807) is 0 Å². The fraction of sp³-hybridized carbons (Fsp3) is 0.600. The Morgan fingerprint density at radius 2 is 1.92 bits per heavy atom. The molecule has 2 aromatic rings. The Hall–Kier alpha value is -1.92. The van der Waals surface area contributed by atoms with Crippen molar-refractivity contribution in [3.63, 3.8) is 0 Å². The number of likely N-dealkylation sites (N-methyl/N-ethyl adjacent to an activating group) is 1. The molecule has 0 aliphatic carbocycles. The van der Waals surface area contributed by atoms with Gasteiger partial charge in [-0.15, -0.1) is 0 Å². The number of para-hydroxylation sites is 1.